The Labute approximate surface area is 204 Å². The molecule has 0 saturated heterocycles. The molecule has 1 aromatic heterocycles. The van der Waals surface area contributed by atoms with Crippen molar-refractivity contribution in [2.24, 2.45) is 10.1 Å². The van der Waals surface area contributed by atoms with Crippen LogP contribution in [0, 0.1) is 0 Å². The third-order valence-corrected chi connectivity index (χ3v) is 6.43. The lowest BCUT2D eigenvalue weighted by Crippen LogP contribution is -2.31. The maximum atomic E-state index is 14.3. The molecule has 1 aliphatic rings. The van der Waals surface area contributed by atoms with E-state index in [2.05, 4.69) is 48.4 Å². The molecular weight excluding hydrogens is 448 g/mol. The molecule has 182 valence electrons. The van der Waals surface area contributed by atoms with E-state index in [0.29, 0.717) is 43.9 Å². The Hall–Kier alpha value is -2.66. The number of allylic oxidation sites excluding steroid dienone is 2. The van der Waals surface area contributed by atoms with Crippen molar-refractivity contribution in [3.63, 3.8) is 0 Å². The van der Waals surface area contributed by atoms with E-state index >= 15 is 0 Å². The smallest absolute Gasteiger partial charge is 0.247 e. The van der Waals surface area contributed by atoms with Crippen LogP contribution in [0.3, 0.4) is 0 Å². The molecule has 0 radical (unpaired) electrons. The molecule has 1 aliphatic carbocycles. The standard InChI is InChI=1S/C26H35FN5OP/c1-4-6-8-23(20(5-2)17-28-19(3)13-16-26(27)14-7-15-26)31-29-18-24-30-25(32-33-24)21-9-11-22(34)12-10-21/h4,9-12,17,29H,1,5-8,13-16,18,34H2,2-3H3/b20-17+,28-19?,31-23+. The summed E-state index contributed by atoms with van der Waals surface area (Å²) in [5.74, 6) is 1.01. The summed E-state index contributed by atoms with van der Waals surface area (Å²) in [6.07, 6.45) is 9.70. The van der Waals surface area contributed by atoms with E-state index in [1.807, 2.05) is 43.5 Å². The van der Waals surface area contributed by atoms with E-state index in [4.69, 9.17) is 4.52 Å². The second-order valence-electron chi connectivity index (χ2n) is 8.73. The minimum atomic E-state index is -0.971. The Morgan fingerprint density at radius 2 is 2.06 bits per heavy atom. The predicted octanol–water partition coefficient (Wildman–Crippen LogP) is 6.08. The van der Waals surface area contributed by atoms with E-state index in [0.717, 1.165) is 53.5 Å². The van der Waals surface area contributed by atoms with Crippen molar-refractivity contribution in [3.05, 3.63) is 54.6 Å². The topological polar surface area (TPSA) is 75.7 Å². The zero-order valence-electron chi connectivity index (χ0n) is 20.2. The number of aromatic nitrogens is 2. The number of hydrogen-bond donors (Lipinski definition) is 1. The largest absolute Gasteiger partial charge is 0.337 e. The molecule has 0 spiro atoms. The van der Waals surface area contributed by atoms with Crippen LogP contribution in [0.2, 0.25) is 0 Å². The summed E-state index contributed by atoms with van der Waals surface area (Å²) >= 11 is 0. The van der Waals surface area contributed by atoms with Gasteiger partial charge >= 0.3 is 0 Å². The molecule has 2 aromatic rings. The maximum absolute atomic E-state index is 14.3. The lowest BCUT2D eigenvalue weighted by Gasteiger charge is -2.33. The number of benzene rings is 1. The number of aliphatic imine (C=N–C) groups is 1. The molecule has 0 amide bonds. The molecule has 6 nitrogen and oxygen atoms in total. The second kappa shape index (κ2) is 12.7. The van der Waals surface area contributed by atoms with Crippen LogP contribution in [0.1, 0.15) is 71.1 Å². The first-order valence-electron chi connectivity index (χ1n) is 11.9. The fourth-order valence-corrected chi connectivity index (χ4v) is 3.84. The zero-order chi connectivity index (χ0) is 24.4. The van der Waals surface area contributed by atoms with Gasteiger partial charge in [0.25, 0.3) is 0 Å². The summed E-state index contributed by atoms with van der Waals surface area (Å²) in [5.41, 5.74) is 5.89. The molecule has 0 aliphatic heterocycles. The molecule has 1 N–H and O–H groups in total. The Balaban J connectivity index is 1.63. The molecule has 34 heavy (non-hydrogen) atoms. The van der Waals surface area contributed by atoms with Gasteiger partial charge in [-0.2, -0.15) is 10.1 Å². The molecule has 1 saturated carbocycles. The van der Waals surface area contributed by atoms with Crippen molar-refractivity contribution >= 4 is 26.0 Å². The van der Waals surface area contributed by atoms with Crippen molar-refractivity contribution in [3.8, 4) is 11.4 Å². The number of halogens is 1. The Morgan fingerprint density at radius 1 is 1.29 bits per heavy atom. The lowest BCUT2D eigenvalue weighted by molar-refractivity contribution is 0.0562. The van der Waals surface area contributed by atoms with Gasteiger partial charge in [-0.3, -0.25) is 4.99 Å². The fraction of sp³-hybridized carbons (Fsp3) is 0.462. The SMILES string of the molecule is C=CCCC(=N\NCc1nc(-c2ccc(P)cc2)no1)/C(=C/N=C(C)CCC1(F)CCC1)CC. The summed E-state index contributed by atoms with van der Waals surface area (Å²) in [6.45, 7) is 8.19. The molecule has 1 fully saturated rings. The van der Waals surface area contributed by atoms with E-state index in [1.165, 1.54) is 0 Å². The number of hydrogen-bond acceptors (Lipinski definition) is 6. The number of nitrogens with zero attached hydrogens (tertiary/aromatic N) is 4. The average Bonchev–Trinajstić information content (AvgIpc) is 3.29. The van der Waals surface area contributed by atoms with E-state index in [-0.39, 0.29) is 0 Å². The van der Waals surface area contributed by atoms with Gasteiger partial charge in [0.2, 0.25) is 11.7 Å². The minimum absolute atomic E-state index is 0.324. The van der Waals surface area contributed by atoms with Crippen LogP contribution in [0.15, 0.2) is 63.3 Å². The number of rotatable bonds is 13. The number of hydrazone groups is 1. The van der Waals surface area contributed by atoms with Gasteiger partial charge in [0.05, 0.1) is 5.71 Å². The molecule has 1 atom stereocenters. The first-order valence-corrected chi connectivity index (χ1v) is 12.5. The van der Waals surface area contributed by atoms with E-state index < -0.39 is 5.67 Å². The van der Waals surface area contributed by atoms with Crippen LogP contribution in [0.4, 0.5) is 4.39 Å². The van der Waals surface area contributed by atoms with E-state index in [9.17, 15) is 4.39 Å². The third-order valence-electron chi connectivity index (χ3n) is 6.04. The number of nitrogens with one attached hydrogen (secondary N) is 1. The van der Waals surface area contributed by atoms with Crippen LogP contribution in [-0.2, 0) is 6.54 Å². The molecule has 1 unspecified atom stereocenters. The van der Waals surface area contributed by atoms with Crippen LogP contribution >= 0.6 is 9.24 Å². The summed E-state index contributed by atoms with van der Waals surface area (Å²) in [6, 6.07) is 7.87. The van der Waals surface area contributed by atoms with E-state index in [1.54, 1.807) is 0 Å². The van der Waals surface area contributed by atoms with Crippen LogP contribution in [-0.4, -0.2) is 27.2 Å². The first kappa shape index (κ1) is 26.0. The molecule has 1 aromatic carbocycles. The zero-order valence-corrected chi connectivity index (χ0v) is 21.3. The second-order valence-corrected chi connectivity index (χ2v) is 9.40. The van der Waals surface area contributed by atoms with Gasteiger partial charge in [0.15, 0.2) is 0 Å². The normalized spacial score (nSPS) is 16.3. The Bertz CT molecular complexity index is 1040. The molecule has 8 heteroatoms. The quantitative estimate of drug-likeness (QED) is 0.162. The van der Waals surface area contributed by atoms with Crippen LogP contribution < -0.4 is 10.7 Å². The molecular formula is C26H35FN5OP. The third kappa shape index (κ3) is 7.69. The van der Waals surface area contributed by atoms with Gasteiger partial charge in [-0.05, 0) is 69.2 Å². The van der Waals surface area contributed by atoms with Crippen molar-refractivity contribution in [2.45, 2.75) is 77.4 Å². The van der Waals surface area contributed by atoms with Gasteiger partial charge in [0, 0.05) is 17.5 Å². The highest BCUT2D eigenvalue weighted by Crippen LogP contribution is 2.39. The minimum Gasteiger partial charge on any atom is -0.337 e. The summed E-state index contributed by atoms with van der Waals surface area (Å²) in [4.78, 5) is 9.05. The summed E-state index contributed by atoms with van der Waals surface area (Å²) in [5, 5.41) is 9.75. The maximum Gasteiger partial charge on any atom is 0.247 e. The average molecular weight is 484 g/mol. The van der Waals surface area contributed by atoms with Crippen molar-refractivity contribution in [1.82, 2.24) is 15.6 Å². The van der Waals surface area contributed by atoms with Gasteiger partial charge in [0.1, 0.15) is 12.2 Å². The molecule has 1 heterocycles. The van der Waals surface area contributed by atoms with Crippen molar-refractivity contribution in [1.29, 1.82) is 0 Å². The molecule has 0 bridgehead atoms. The Morgan fingerprint density at radius 3 is 2.71 bits per heavy atom. The lowest BCUT2D eigenvalue weighted by atomic mass is 9.78. The van der Waals surface area contributed by atoms with Crippen molar-refractivity contribution in [2.75, 3.05) is 0 Å². The van der Waals surface area contributed by atoms with Gasteiger partial charge in [-0.15, -0.1) is 15.8 Å². The number of alkyl halides is 1. The van der Waals surface area contributed by atoms with Gasteiger partial charge < -0.3 is 9.95 Å². The van der Waals surface area contributed by atoms with Gasteiger partial charge in [-0.1, -0.05) is 42.4 Å². The predicted molar refractivity (Wildman–Crippen MR) is 141 cm³/mol. The highest BCUT2D eigenvalue weighted by molar-refractivity contribution is 7.27. The monoisotopic (exact) mass is 483 g/mol. The van der Waals surface area contributed by atoms with Crippen LogP contribution in [0.5, 0.6) is 0 Å². The summed E-state index contributed by atoms with van der Waals surface area (Å²) in [7, 11) is 2.65. The molecule has 3 rings (SSSR count). The highest BCUT2D eigenvalue weighted by atomic mass is 31.0. The van der Waals surface area contributed by atoms with Crippen LogP contribution in [0.25, 0.3) is 11.4 Å². The Kier molecular flexibility index (Phi) is 9.70. The van der Waals surface area contributed by atoms with Crippen molar-refractivity contribution < 1.29 is 8.91 Å². The summed E-state index contributed by atoms with van der Waals surface area (Å²) < 4.78 is 19.6. The highest BCUT2D eigenvalue weighted by Gasteiger charge is 2.36. The fourth-order valence-electron chi connectivity index (χ4n) is 3.64. The van der Waals surface area contributed by atoms with Gasteiger partial charge in [-0.25, -0.2) is 4.39 Å². The first-order chi connectivity index (χ1) is 16.4.